The van der Waals surface area contributed by atoms with Crippen LogP contribution in [0.2, 0.25) is 5.02 Å². The lowest BCUT2D eigenvalue weighted by atomic mass is 10.0. The molecule has 1 unspecified atom stereocenters. The predicted molar refractivity (Wildman–Crippen MR) is 106 cm³/mol. The van der Waals surface area contributed by atoms with Crippen LogP contribution in [0.1, 0.15) is 28.5 Å². The maximum atomic E-state index is 12.4. The fraction of sp³-hybridized carbons (Fsp3) is 0.333. The van der Waals surface area contributed by atoms with Gasteiger partial charge in [-0.3, -0.25) is 9.69 Å². The zero-order valence-corrected chi connectivity index (χ0v) is 16.8. The van der Waals surface area contributed by atoms with Crippen LogP contribution in [-0.2, 0) is 42.2 Å². The summed E-state index contributed by atoms with van der Waals surface area (Å²) < 4.78 is 12.7. The Morgan fingerprint density at radius 3 is 2.69 bits per heavy atom. The first-order valence-electron chi connectivity index (χ1n) is 9.35. The molecule has 4 rings (SSSR count). The fourth-order valence-corrected chi connectivity index (χ4v) is 3.79. The van der Waals surface area contributed by atoms with Crippen molar-refractivity contribution in [1.82, 2.24) is 14.5 Å². The van der Waals surface area contributed by atoms with Gasteiger partial charge in [0.25, 0.3) is 0 Å². The molecule has 2 aromatic heterocycles. The van der Waals surface area contributed by atoms with Crippen molar-refractivity contribution in [2.45, 2.75) is 38.7 Å². The maximum Gasteiger partial charge on any atom is 0.323 e. The molecular formula is C21H22ClN3O4. The van der Waals surface area contributed by atoms with Gasteiger partial charge in [-0.25, -0.2) is 4.98 Å². The molecule has 0 aliphatic carbocycles. The molecule has 152 valence electrons. The Morgan fingerprint density at radius 1 is 1.24 bits per heavy atom. The number of hydrogen-bond donors (Lipinski definition) is 1. The lowest BCUT2D eigenvalue weighted by Crippen LogP contribution is -2.46. The number of aromatic nitrogens is 2. The van der Waals surface area contributed by atoms with E-state index in [0.29, 0.717) is 42.6 Å². The molecule has 0 fully saturated rings. The van der Waals surface area contributed by atoms with Crippen molar-refractivity contribution < 1.29 is 19.1 Å². The summed E-state index contributed by atoms with van der Waals surface area (Å²) >= 11 is 5.98. The molecule has 0 bridgehead atoms. The molecule has 3 aromatic rings. The predicted octanol–water partition coefficient (Wildman–Crippen LogP) is 2.77. The summed E-state index contributed by atoms with van der Waals surface area (Å²) in [7, 11) is 1.39. The van der Waals surface area contributed by atoms with Crippen molar-refractivity contribution in [3.8, 4) is 0 Å². The van der Waals surface area contributed by atoms with Crippen LogP contribution in [0.15, 0.2) is 47.1 Å². The molecule has 0 radical (unpaired) electrons. The van der Waals surface area contributed by atoms with Gasteiger partial charge in [0, 0.05) is 24.5 Å². The number of ether oxygens (including phenoxy) is 1. The van der Waals surface area contributed by atoms with E-state index in [0.717, 1.165) is 17.0 Å². The lowest BCUT2D eigenvalue weighted by molar-refractivity contribution is -0.148. The highest BCUT2D eigenvalue weighted by Gasteiger charge is 2.35. The molecule has 1 N–H and O–H groups in total. The van der Waals surface area contributed by atoms with Crippen LogP contribution in [-0.4, -0.2) is 38.7 Å². The molecule has 1 aromatic carbocycles. The maximum absolute atomic E-state index is 12.4. The first-order chi connectivity index (χ1) is 14.1. The van der Waals surface area contributed by atoms with Gasteiger partial charge in [0.05, 0.1) is 31.4 Å². The van der Waals surface area contributed by atoms with E-state index in [2.05, 4.69) is 9.55 Å². The third-order valence-electron chi connectivity index (χ3n) is 5.18. The first kappa shape index (κ1) is 19.7. The molecule has 8 heteroatoms. The van der Waals surface area contributed by atoms with E-state index in [-0.39, 0.29) is 12.6 Å². The Bertz CT molecular complexity index is 996. The van der Waals surface area contributed by atoms with Crippen LogP contribution < -0.4 is 0 Å². The number of furan rings is 1. The summed E-state index contributed by atoms with van der Waals surface area (Å²) in [4.78, 5) is 19.0. The number of nitrogens with zero attached hydrogens (tertiary/aromatic N) is 3. The monoisotopic (exact) mass is 415 g/mol. The van der Waals surface area contributed by atoms with Gasteiger partial charge in [0.15, 0.2) is 0 Å². The Hall–Kier alpha value is -2.61. The number of fused-ring (bicyclic) bond motifs is 1. The molecule has 7 nitrogen and oxygen atoms in total. The molecule has 1 aliphatic heterocycles. The number of aliphatic hydroxyl groups is 1. The zero-order chi connectivity index (χ0) is 20.4. The minimum atomic E-state index is -0.436. The molecule has 0 saturated heterocycles. The van der Waals surface area contributed by atoms with Gasteiger partial charge in [-0.05, 0) is 29.8 Å². The minimum Gasteiger partial charge on any atom is -0.468 e. The van der Waals surface area contributed by atoms with Gasteiger partial charge in [-0.1, -0.05) is 23.7 Å². The second-order valence-electron chi connectivity index (χ2n) is 7.07. The van der Waals surface area contributed by atoms with Crippen LogP contribution in [0.25, 0.3) is 0 Å². The van der Waals surface area contributed by atoms with Crippen molar-refractivity contribution in [1.29, 1.82) is 0 Å². The van der Waals surface area contributed by atoms with Gasteiger partial charge < -0.3 is 18.8 Å². The number of esters is 1. The quantitative estimate of drug-likeness (QED) is 0.623. The molecular weight excluding hydrogens is 394 g/mol. The van der Waals surface area contributed by atoms with Crippen LogP contribution in [0.3, 0.4) is 0 Å². The average molecular weight is 416 g/mol. The third-order valence-corrected chi connectivity index (χ3v) is 5.44. The number of imidazole rings is 1. The van der Waals surface area contributed by atoms with Gasteiger partial charge in [0.1, 0.15) is 24.2 Å². The molecule has 3 heterocycles. The first-order valence-corrected chi connectivity index (χ1v) is 9.73. The second-order valence-corrected chi connectivity index (χ2v) is 7.50. The summed E-state index contributed by atoms with van der Waals surface area (Å²) in [5, 5.41) is 9.93. The van der Waals surface area contributed by atoms with E-state index < -0.39 is 6.04 Å². The lowest BCUT2D eigenvalue weighted by Gasteiger charge is -2.33. The van der Waals surface area contributed by atoms with Crippen molar-refractivity contribution >= 4 is 17.6 Å². The molecule has 29 heavy (non-hydrogen) atoms. The summed E-state index contributed by atoms with van der Waals surface area (Å²) in [5.41, 5.74) is 3.09. The summed E-state index contributed by atoms with van der Waals surface area (Å²) in [6, 6.07) is 10.8. The number of benzene rings is 1. The zero-order valence-electron chi connectivity index (χ0n) is 16.0. The molecule has 0 spiro atoms. The highest BCUT2D eigenvalue weighted by atomic mass is 35.5. The van der Waals surface area contributed by atoms with Gasteiger partial charge >= 0.3 is 5.97 Å². The third kappa shape index (κ3) is 4.22. The van der Waals surface area contributed by atoms with Crippen LogP contribution in [0, 0.1) is 0 Å². The van der Waals surface area contributed by atoms with Gasteiger partial charge in [-0.2, -0.15) is 0 Å². The van der Waals surface area contributed by atoms with E-state index in [1.165, 1.54) is 7.11 Å². The van der Waals surface area contributed by atoms with Crippen LogP contribution in [0.5, 0.6) is 0 Å². The SMILES string of the molecule is COC(=O)C1Cc2ncn(Cc3ccc(Cl)cc3)c2CN1Cc1ccc(CO)o1. The summed E-state index contributed by atoms with van der Waals surface area (Å²) in [5.74, 6) is 0.895. The molecule has 1 aliphatic rings. The number of hydrogen-bond acceptors (Lipinski definition) is 6. The molecule has 0 amide bonds. The standard InChI is InChI=1S/C21H22ClN3O4/c1-28-21(27)19-8-18-20(11-24(19)10-16-6-7-17(12-26)29-16)25(13-23-18)9-14-2-4-15(22)5-3-14/h2-7,13,19,26H,8-12H2,1H3. The van der Waals surface area contributed by atoms with Gasteiger partial charge in [0.2, 0.25) is 0 Å². The highest BCUT2D eigenvalue weighted by Crippen LogP contribution is 2.26. The Balaban J connectivity index is 1.59. The fourth-order valence-electron chi connectivity index (χ4n) is 3.67. The van der Waals surface area contributed by atoms with E-state index in [1.54, 1.807) is 6.07 Å². The Morgan fingerprint density at radius 2 is 2.00 bits per heavy atom. The Labute approximate surface area is 173 Å². The number of rotatable bonds is 6. The topological polar surface area (TPSA) is 80.7 Å². The van der Waals surface area contributed by atoms with Crippen molar-refractivity contribution in [3.05, 3.63) is 76.2 Å². The van der Waals surface area contributed by atoms with Crippen molar-refractivity contribution in [2.24, 2.45) is 0 Å². The second kappa shape index (κ2) is 8.41. The molecule has 1 atom stereocenters. The highest BCUT2D eigenvalue weighted by molar-refractivity contribution is 6.30. The van der Waals surface area contributed by atoms with Crippen molar-refractivity contribution in [2.75, 3.05) is 7.11 Å². The number of carbonyl (C=O) groups is 1. The average Bonchev–Trinajstić information content (AvgIpc) is 3.35. The van der Waals surface area contributed by atoms with Gasteiger partial charge in [-0.15, -0.1) is 0 Å². The van der Waals surface area contributed by atoms with E-state index >= 15 is 0 Å². The van der Waals surface area contributed by atoms with E-state index in [9.17, 15) is 9.90 Å². The normalized spacial score (nSPS) is 16.6. The molecule has 0 saturated carbocycles. The largest absolute Gasteiger partial charge is 0.468 e. The van der Waals surface area contributed by atoms with E-state index in [4.69, 9.17) is 20.8 Å². The number of halogens is 1. The minimum absolute atomic E-state index is 0.154. The van der Waals surface area contributed by atoms with E-state index in [1.807, 2.05) is 41.6 Å². The van der Waals surface area contributed by atoms with Crippen LogP contribution in [0.4, 0.5) is 0 Å². The Kier molecular flexibility index (Phi) is 5.71. The number of carbonyl (C=O) groups excluding carboxylic acids is 1. The van der Waals surface area contributed by atoms with Crippen LogP contribution >= 0.6 is 11.6 Å². The summed E-state index contributed by atoms with van der Waals surface area (Å²) in [6.07, 6.45) is 2.29. The van der Waals surface area contributed by atoms with Crippen molar-refractivity contribution in [3.63, 3.8) is 0 Å². The number of methoxy groups -OCH3 is 1. The smallest absolute Gasteiger partial charge is 0.323 e. The number of aliphatic hydroxyl groups excluding tert-OH is 1. The summed E-state index contributed by atoms with van der Waals surface area (Å²) in [6.45, 7) is 1.49.